The Kier molecular flexibility index (Phi) is 2.59. The molecule has 1 aromatic heterocycles. The molecule has 3 rings (SSSR count). The number of aromatic nitrogens is 1. The molecular weight excluding hydrogens is 206 g/mol. The van der Waals surface area contributed by atoms with Crippen molar-refractivity contribution in [1.82, 2.24) is 4.98 Å². The zero-order chi connectivity index (χ0) is 11.5. The fourth-order valence-corrected chi connectivity index (χ4v) is 2.10. The molecule has 0 spiro atoms. The lowest BCUT2D eigenvalue weighted by Crippen LogP contribution is -1.88. The van der Waals surface area contributed by atoms with E-state index in [9.17, 15) is 0 Å². The quantitative estimate of drug-likeness (QED) is 0.702. The highest BCUT2D eigenvalue weighted by molar-refractivity contribution is 5.94. The van der Waals surface area contributed by atoms with Gasteiger partial charge in [0.05, 0.1) is 5.69 Å². The van der Waals surface area contributed by atoms with Crippen molar-refractivity contribution in [1.29, 1.82) is 0 Å². The molecule has 1 heteroatoms. The molecule has 17 heavy (non-hydrogen) atoms. The number of benzene rings is 1. The summed E-state index contributed by atoms with van der Waals surface area (Å²) >= 11 is 0. The smallest absolute Gasteiger partial charge is 0.0777 e. The van der Waals surface area contributed by atoms with E-state index in [1.54, 1.807) is 0 Å². The van der Waals surface area contributed by atoms with Crippen LogP contribution in [-0.2, 0) is 0 Å². The van der Waals surface area contributed by atoms with Crippen LogP contribution in [0.3, 0.4) is 0 Å². The van der Waals surface area contributed by atoms with E-state index >= 15 is 0 Å². The van der Waals surface area contributed by atoms with Gasteiger partial charge in [-0.25, -0.2) is 0 Å². The fraction of sp³-hybridized carbons (Fsp3) is 0.0625. The highest BCUT2D eigenvalue weighted by atomic mass is 14.7. The Morgan fingerprint density at radius 3 is 2.94 bits per heavy atom. The predicted molar refractivity (Wildman–Crippen MR) is 72.6 cm³/mol. The molecule has 1 heterocycles. The first kappa shape index (κ1) is 10.0. The summed E-state index contributed by atoms with van der Waals surface area (Å²) in [6.45, 7) is 0. The molecule has 0 fully saturated rings. The van der Waals surface area contributed by atoms with Crippen LogP contribution in [0, 0.1) is 0 Å². The molecule has 0 saturated heterocycles. The summed E-state index contributed by atoms with van der Waals surface area (Å²) in [4.78, 5) is 4.52. The number of hydrogen-bond acceptors (Lipinski definition) is 1. The summed E-state index contributed by atoms with van der Waals surface area (Å²) < 4.78 is 0. The number of pyridine rings is 1. The van der Waals surface area contributed by atoms with Gasteiger partial charge in [0, 0.05) is 11.6 Å². The van der Waals surface area contributed by atoms with Crippen LogP contribution in [-0.4, -0.2) is 4.98 Å². The molecule has 0 amide bonds. The van der Waals surface area contributed by atoms with Crippen LogP contribution in [0.1, 0.15) is 12.1 Å². The van der Waals surface area contributed by atoms with Gasteiger partial charge in [-0.15, -0.1) is 0 Å². The molecule has 0 radical (unpaired) electrons. The molecule has 0 atom stereocenters. The fourth-order valence-electron chi connectivity index (χ4n) is 2.10. The van der Waals surface area contributed by atoms with Gasteiger partial charge in [-0.1, -0.05) is 54.6 Å². The third-order valence-electron chi connectivity index (χ3n) is 2.94. The van der Waals surface area contributed by atoms with Crippen LogP contribution in [0.15, 0.2) is 66.9 Å². The Hall–Kier alpha value is -2.15. The molecule has 2 aromatic rings. The SMILES string of the molecule is C1=CCC=C(c2nccc3ccccc23)C=C1. The summed E-state index contributed by atoms with van der Waals surface area (Å²) in [7, 11) is 0. The summed E-state index contributed by atoms with van der Waals surface area (Å²) in [6, 6.07) is 10.4. The molecule has 0 bridgehead atoms. The minimum absolute atomic E-state index is 0.966. The Bertz CT molecular complexity index is 628. The van der Waals surface area contributed by atoms with Crippen LogP contribution in [0.2, 0.25) is 0 Å². The third kappa shape index (κ3) is 1.92. The number of hydrogen-bond donors (Lipinski definition) is 0. The molecule has 82 valence electrons. The van der Waals surface area contributed by atoms with Gasteiger partial charge in [0.15, 0.2) is 0 Å². The van der Waals surface area contributed by atoms with E-state index in [1.807, 2.05) is 6.20 Å². The van der Waals surface area contributed by atoms with Gasteiger partial charge in [0.2, 0.25) is 0 Å². The Balaban J connectivity index is 2.20. The molecular formula is C16H13N. The lowest BCUT2D eigenvalue weighted by Gasteiger charge is -2.05. The highest BCUT2D eigenvalue weighted by Gasteiger charge is 2.05. The third-order valence-corrected chi connectivity index (χ3v) is 2.94. The monoisotopic (exact) mass is 219 g/mol. The number of fused-ring (bicyclic) bond motifs is 1. The molecule has 1 nitrogen and oxygen atoms in total. The molecule has 0 aliphatic heterocycles. The minimum Gasteiger partial charge on any atom is -0.256 e. The molecule has 0 N–H and O–H groups in total. The molecule has 1 aliphatic rings. The summed E-state index contributed by atoms with van der Waals surface area (Å²) in [6.07, 6.45) is 13.5. The van der Waals surface area contributed by atoms with Crippen molar-refractivity contribution in [2.24, 2.45) is 0 Å². The standard InChI is InChI=1S/C16H13N/c1-2-4-9-14(8-3-1)16-15-10-6-5-7-13(15)11-12-17-16/h1-3,5-12H,4H2. The second-order valence-corrected chi connectivity index (χ2v) is 4.06. The number of nitrogens with zero attached hydrogens (tertiary/aromatic N) is 1. The Labute approximate surface area is 101 Å². The maximum atomic E-state index is 4.52. The normalized spacial score (nSPS) is 14.7. The van der Waals surface area contributed by atoms with E-state index < -0.39 is 0 Å². The van der Waals surface area contributed by atoms with Crippen molar-refractivity contribution in [2.45, 2.75) is 6.42 Å². The van der Waals surface area contributed by atoms with Gasteiger partial charge < -0.3 is 0 Å². The van der Waals surface area contributed by atoms with E-state index in [0.29, 0.717) is 0 Å². The van der Waals surface area contributed by atoms with E-state index in [2.05, 4.69) is 65.7 Å². The first-order valence-corrected chi connectivity index (χ1v) is 5.83. The second-order valence-electron chi connectivity index (χ2n) is 4.06. The van der Waals surface area contributed by atoms with Gasteiger partial charge in [-0.3, -0.25) is 4.98 Å². The average molecular weight is 219 g/mol. The largest absolute Gasteiger partial charge is 0.256 e. The minimum atomic E-state index is 0.966. The first-order chi connectivity index (χ1) is 8.45. The average Bonchev–Trinajstić information content (AvgIpc) is 2.67. The van der Waals surface area contributed by atoms with Gasteiger partial charge in [-0.2, -0.15) is 0 Å². The number of rotatable bonds is 1. The summed E-state index contributed by atoms with van der Waals surface area (Å²) in [5.74, 6) is 0. The molecule has 1 aliphatic carbocycles. The van der Waals surface area contributed by atoms with Crippen molar-refractivity contribution < 1.29 is 0 Å². The van der Waals surface area contributed by atoms with E-state index in [-0.39, 0.29) is 0 Å². The topological polar surface area (TPSA) is 12.9 Å². The van der Waals surface area contributed by atoms with Crippen molar-refractivity contribution in [3.8, 4) is 0 Å². The maximum absolute atomic E-state index is 4.52. The maximum Gasteiger partial charge on any atom is 0.0777 e. The molecule has 0 saturated carbocycles. The van der Waals surface area contributed by atoms with Crippen LogP contribution in [0.25, 0.3) is 16.3 Å². The first-order valence-electron chi connectivity index (χ1n) is 5.83. The van der Waals surface area contributed by atoms with Crippen molar-refractivity contribution in [3.05, 3.63) is 72.6 Å². The predicted octanol–water partition coefficient (Wildman–Crippen LogP) is 4.13. The number of allylic oxidation sites excluding steroid dienone is 6. The zero-order valence-electron chi connectivity index (χ0n) is 9.51. The van der Waals surface area contributed by atoms with E-state index in [0.717, 1.165) is 12.1 Å². The summed E-state index contributed by atoms with van der Waals surface area (Å²) in [5, 5.41) is 2.46. The Morgan fingerprint density at radius 1 is 1.00 bits per heavy atom. The van der Waals surface area contributed by atoms with E-state index in [1.165, 1.54) is 16.3 Å². The van der Waals surface area contributed by atoms with Gasteiger partial charge in [0.1, 0.15) is 0 Å². The van der Waals surface area contributed by atoms with Crippen LogP contribution in [0.5, 0.6) is 0 Å². The van der Waals surface area contributed by atoms with Gasteiger partial charge >= 0.3 is 0 Å². The van der Waals surface area contributed by atoms with Gasteiger partial charge in [-0.05, 0) is 23.4 Å². The van der Waals surface area contributed by atoms with Gasteiger partial charge in [0.25, 0.3) is 0 Å². The van der Waals surface area contributed by atoms with Crippen molar-refractivity contribution >= 4 is 16.3 Å². The highest BCUT2D eigenvalue weighted by Crippen LogP contribution is 2.24. The molecule has 0 unspecified atom stereocenters. The lowest BCUT2D eigenvalue weighted by atomic mass is 10.0. The Morgan fingerprint density at radius 2 is 1.94 bits per heavy atom. The van der Waals surface area contributed by atoms with E-state index in [4.69, 9.17) is 0 Å². The van der Waals surface area contributed by atoms with Crippen molar-refractivity contribution in [3.63, 3.8) is 0 Å². The van der Waals surface area contributed by atoms with Crippen LogP contribution < -0.4 is 0 Å². The van der Waals surface area contributed by atoms with Crippen molar-refractivity contribution in [2.75, 3.05) is 0 Å². The van der Waals surface area contributed by atoms with Crippen LogP contribution >= 0.6 is 0 Å². The zero-order valence-corrected chi connectivity index (χ0v) is 9.51. The summed E-state index contributed by atoms with van der Waals surface area (Å²) in [5.41, 5.74) is 2.27. The lowest BCUT2D eigenvalue weighted by molar-refractivity contribution is 1.30. The molecule has 1 aromatic carbocycles. The second kappa shape index (κ2) is 4.38. The van der Waals surface area contributed by atoms with Crippen LogP contribution in [0.4, 0.5) is 0 Å².